The Labute approximate surface area is 113 Å². The van der Waals surface area contributed by atoms with Crippen molar-refractivity contribution in [2.45, 2.75) is 19.8 Å². The maximum atomic E-state index is 13.8. The molecule has 1 aliphatic heterocycles. The molecule has 4 heteroatoms. The molecule has 1 aromatic rings. The molecule has 1 unspecified atom stereocenters. The second kappa shape index (κ2) is 6.15. The second-order valence-electron chi connectivity index (χ2n) is 5.10. The fourth-order valence-electron chi connectivity index (χ4n) is 2.58. The zero-order valence-corrected chi connectivity index (χ0v) is 11.3. The number of halogens is 1. The van der Waals surface area contributed by atoms with Gasteiger partial charge in [-0.3, -0.25) is 0 Å². The van der Waals surface area contributed by atoms with Crippen molar-refractivity contribution in [3.05, 3.63) is 30.1 Å². The lowest BCUT2D eigenvalue weighted by Gasteiger charge is -2.37. The topological polar surface area (TPSA) is 29.5 Å². The van der Waals surface area contributed by atoms with E-state index in [1.54, 1.807) is 12.1 Å². The van der Waals surface area contributed by atoms with Gasteiger partial charge in [-0.1, -0.05) is 12.1 Å². The fraction of sp³-hybridized carbons (Fsp3) is 0.533. The molecule has 0 saturated carbocycles. The first-order valence-corrected chi connectivity index (χ1v) is 6.74. The molecule has 104 valence electrons. The van der Waals surface area contributed by atoms with Crippen LogP contribution in [0, 0.1) is 11.2 Å². The first kappa shape index (κ1) is 14.0. The van der Waals surface area contributed by atoms with Crippen LogP contribution in [0.5, 0.6) is 0 Å². The van der Waals surface area contributed by atoms with Crippen molar-refractivity contribution in [3.63, 3.8) is 0 Å². The first-order chi connectivity index (χ1) is 9.21. The van der Waals surface area contributed by atoms with Crippen LogP contribution >= 0.6 is 0 Å². The third-order valence-corrected chi connectivity index (χ3v) is 3.68. The first-order valence-electron chi connectivity index (χ1n) is 6.74. The van der Waals surface area contributed by atoms with Gasteiger partial charge in [-0.25, -0.2) is 4.39 Å². The van der Waals surface area contributed by atoms with E-state index in [9.17, 15) is 9.18 Å². The van der Waals surface area contributed by atoms with Gasteiger partial charge in [0.15, 0.2) is 0 Å². The van der Waals surface area contributed by atoms with E-state index in [4.69, 9.17) is 4.74 Å². The number of carbonyl (C=O) groups excluding carboxylic acids is 1. The molecule has 1 aliphatic rings. The molecule has 1 aromatic carbocycles. The second-order valence-corrected chi connectivity index (χ2v) is 5.10. The van der Waals surface area contributed by atoms with Crippen molar-refractivity contribution in [1.29, 1.82) is 0 Å². The van der Waals surface area contributed by atoms with Crippen LogP contribution < -0.4 is 4.90 Å². The van der Waals surface area contributed by atoms with Gasteiger partial charge in [-0.05, 0) is 31.9 Å². The normalized spacial score (nSPS) is 23.1. The van der Waals surface area contributed by atoms with Gasteiger partial charge in [0.25, 0.3) is 0 Å². The lowest BCUT2D eigenvalue weighted by molar-refractivity contribution is -0.122. The summed E-state index contributed by atoms with van der Waals surface area (Å²) in [4.78, 5) is 13.4. The summed E-state index contributed by atoms with van der Waals surface area (Å²) in [6.07, 6.45) is 2.67. The van der Waals surface area contributed by atoms with Crippen molar-refractivity contribution in [3.8, 4) is 0 Å². The smallest absolute Gasteiger partial charge is 0.146 e. The number of hydrogen-bond acceptors (Lipinski definition) is 3. The number of rotatable bonds is 5. The summed E-state index contributed by atoms with van der Waals surface area (Å²) in [5.41, 5.74) is 0.0492. The summed E-state index contributed by atoms with van der Waals surface area (Å²) >= 11 is 0. The summed E-state index contributed by atoms with van der Waals surface area (Å²) in [6.45, 7) is 4.28. The predicted molar refractivity (Wildman–Crippen MR) is 72.8 cm³/mol. The Bertz CT molecular complexity index is 430. The highest BCUT2D eigenvalue weighted by molar-refractivity contribution is 5.62. The van der Waals surface area contributed by atoms with Gasteiger partial charge in [0.05, 0.1) is 17.7 Å². The highest BCUT2D eigenvalue weighted by Crippen LogP contribution is 2.30. The van der Waals surface area contributed by atoms with Crippen molar-refractivity contribution >= 4 is 12.0 Å². The van der Waals surface area contributed by atoms with Crippen molar-refractivity contribution in [2.24, 2.45) is 5.41 Å². The standard InChI is InChI=1S/C15H20FNO2/c1-2-17(14-7-4-3-6-13(14)16)10-15(11-18)8-5-9-19-12-15/h3-4,6-7,11H,2,5,8-10,12H2,1H3. The molecule has 0 aromatic heterocycles. The summed E-state index contributed by atoms with van der Waals surface area (Å²) in [6, 6.07) is 6.68. The monoisotopic (exact) mass is 265 g/mol. The van der Waals surface area contributed by atoms with Gasteiger partial charge < -0.3 is 14.4 Å². The third kappa shape index (κ3) is 3.13. The maximum Gasteiger partial charge on any atom is 0.146 e. The summed E-state index contributed by atoms with van der Waals surface area (Å²) in [7, 11) is 0. The van der Waals surface area contributed by atoms with Gasteiger partial charge in [0, 0.05) is 19.7 Å². The molecule has 0 amide bonds. The SMILES string of the molecule is CCN(CC1(C=O)CCCOC1)c1ccccc1F. The van der Waals surface area contributed by atoms with Crippen LogP contribution in [0.2, 0.25) is 0 Å². The number of para-hydroxylation sites is 1. The minimum absolute atomic E-state index is 0.248. The van der Waals surface area contributed by atoms with Crippen LogP contribution in [0.1, 0.15) is 19.8 Å². The van der Waals surface area contributed by atoms with Gasteiger partial charge in [-0.15, -0.1) is 0 Å². The zero-order chi connectivity index (χ0) is 13.7. The van der Waals surface area contributed by atoms with Gasteiger partial charge in [-0.2, -0.15) is 0 Å². The van der Waals surface area contributed by atoms with Crippen LogP contribution in [0.15, 0.2) is 24.3 Å². The number of nitrogens with zero attached hydrogens (tertiary/aromatic N) is 1. The highest BCUT2D eigenvalue weighted by atomic mass is 19.1. The van der Waals surface area contributed by atoms with Gasteiger partial charge in [0.2, 0.25) is 0 Å². The summed E-state index contributed by atoms with van der Waals surface area (Å²) < 4.78 is 19.3. The average Bonchev–Trinajstić information content (AvgIpc) is 2.47. The molecule has 0 spiro atoms. The van der Waals surface area contributed by atoms with E-state index in [1.165, 1.54) is 6.07 Å². The molecule has 0 aliphatic carbocycles. The Kier molecular flexibility index (Phi) is 4.53. The molecule has 1 fully saturated rings. The van der Waals surface area contributed by atoms with Crippen LogP contribution in [0.4, 0.5) is 10.1 Å². The Hall–Kier alpha value is -1.42. The molecule has 3 nitrogen and oxygen atoms in total. The van der Waals surface area contributed by atoms with Crippen molar-refractivity contribution < 1.29 is 13.9 Å². The lowest BCUT2D eigenvalue weighted by atomic mass is 9.83. The van der Waals surface area contributed by atoms with Crippen LogP contribution in [-0.2, 0) is 9.53 Å². The maximum absolute atomic E-state index is 13.8. The average molecular weight is 265 g/mol. The molecule has 0 N–H and O–H groups in total. The number of hydrogen-bond donors (Lipinski definition) is 0. The molecule has 1 heterocycles. The lowest BCUT2D eigenvalue weighted by Crippen LogP contribution is -2.44. The highest BCUT2D eigenvalue weighted by Gasteiger charge is 2.34. The van der Waals surface area contributed by atoms with Gasteiger partial charge >= 0.3 is 0 Å². The minimum atomic E-state index is -0.503. The van der Waals surface area contributed by atoms with E-state index < -0.39 is 5.41 Å². The summed E-state index contributed by atoms with van der Waals surface area (Å²) in [5, 5.41) is 0. The number of anilines is 1. The van der Waals surface area contributed by atoms with E-state index in [1.807, 2.05) is 17.9 Å². The Morgan fingerprint density at radius 1 is 1.47 bits per heavy atom. The molecule has 19 heavy (non-hydrogen) atoms. The number of aldehydes is 1. The Balaban J connectivity index is 2.18. The third-order valence-electron chi connectivity index (χ3n) is 3.68. The largest absolute Gasteiger partial charge is 0.380 e. The van der Waals surface area contributed by atoms with Crippen LogP contribution in [0.3, 0.4) is 0 Å². The summed E-state index contributed by atoms with van der Waals surface area (Å²) in [5.74, 6) is -0.248. The zero-order valence-electron chi connectivity index (χ0n) is 11.3. The molecule has 1 saturated heterocycles. The molecule has 2 rings (SSSR count). The predicted octanol–water partition coefficient (Wildman–Crippen LogP) is 2.65. The number of benzene rings is 1. The fourth-order valence-corrected chi connectivity index (χ4v) is 2.58. The van der Waals surface area contributed by atoms with E-state index in [2.05, 4.69) is 0 Å². The van der Waals surface area contributed by atoms with Gasteiger partial charge in [0.1, 0.15) is 12.1 Å². The molecule has 0 bridgehead atoms. The molecular weight excluding hydrogens is 245 g/mol. The molecule has 0 radical (unpaired) electrons. The van der Waals surface area contributed by atoms with E-state index in [0.29, 0.717) is 32.0 Å². The Morgan fingerprint density at radius 3 is 2.84 bits per heavy atom. The van der Waals surface area contributed by atoms with Crippen LogP contribution in [0.25, 0.3) is 0 Å². The van der Waals surface area contributed by atoms with E-state index in [0.717, 1.165) is 19.1 Å². The molecule has 1 atom stereocenters. The van der Waals surface area contributed by atoms with Crippen molar-refractivity contribution in [1.82, 2.24) is 0 Å². The quantitative estimate of drug-likeness (QED) is 0.767. The minimum Gasteiger partial charge on any atom is -0.380 e. The molecular formula is C15H20FNO2. The number of carbonyl (C=O) groups is 1. The van der Waals surface area contributed by atoms with Crippen molar-refractivity contribution in [2.75, 3.05) is 31.2 Å². The van der Waals surface area contributed by atoms with Crippen LogP contribution in [-0.4, -0.2) is 32.6 Å². The van der Waals surface area contributed by atoms with E-state index >= 15 is 0 Å². The Morgan fingerprint density at radius 2 is 2.26 bits per heavy atom. The van der Waals surface area contributed by atoms with E-state index in [-0.39, 0.29) is 5.82 Å². The number of ether oxygens (including phenoxy) is 1.